The molecule has 0 spiro atoms. The molecule has 1 aliphatic carbocycles. The van der Waals surface area contributed by atoms with Crippen molar-refractivity contribution in [1.29, 1.82) is 0 Å². The fourth-order valence-electron chi connectivity index (χ4n) is 1.77. The van der Waals surface area contributed by atoms with Gasteiger partial charge >= 0.3 is 13.1 Å². The predicted octanol–water partition coefficient (Wildman–Crippen LogP) is 0.717. The third-order valence-corrected chi connectivity index (χ3v) is 2.75. The lowest BCUT2D eigenvalue weighted by atomic mass is 9.91. The highest BCUT2D eigenvalue weighted by molar-refractivity contribution is 6.44. The second kappa shape index (κ2) is 4.10. The number of aromatic carboxylic acids is 1. The van der Waals surface area contributed by atoms with Gasteiger partial charge in [-0.15, -0.1) is 0 Å². The molecule has 1 aromatic carbocycles. The highest BCUT2D eigenvalue weighted by atomic mass is 16.6. The van der Waals surface area contributed by atoms with Crippen molar-refractivity contribution >= 4 is 13.1 Å². The maximum Gasteiger partial charge on any atom is 0.563 e. The second-order valence-corrected chi connectivity index (χ2v) is 4.27. The zero-order valence-corrected chi connectivity index (χ0v) is 9.46. The molecular formula is C11H11BO6. The van der Waals surface area contributed by atoms with Gasteiger partial charge in [-0.3, -0.25) is 0 Å². The Balaban J connectivity index is 2.04. The van der Waals surface area contributed by atoms with Gasteiger partial charge in [-0.05, 0) is 25.0 Å². The first-order valence-corrected chi connectivity index (χ1v) is 5.69. The molecule has 0 radical (unpaired) electrons. The summed E-state index contributed by atoms with van der Waals surface area (Å²) in [5.41, 5.74) is -0.0989. The molecule has 0 unspecified atom stereocenters. The van der Waals surface area contributed by atoms with Crippen LogP contribution in [-0.4, -0.2) is 35.8 Å². The average Bonchev–Trinajstić information content (AvgIpc) is 3.11. The van der Waals surface area contributed by atoms with Crippen LogP contribution in [0.2, 0.25) is 0 Å². The van der Waals surface area contributed by atoms with Crippen LogP contribution in [-0.2, 0) is 0 Å². The normalized spacial score (nSPS) is 17.5. The van der Waals surface area contributed by atoms with Crippen LogP contribution in [0.5, 0.6) is 17.2 Å². The molecule has 0 amide bonds. The van der Waals surface area contributed by atoms with Crippen LogP contribution < -0.4 is 14.1 Å². The Bertz CT molecular complexity index is 499. The number of hydrogen-bond acceptors (Lipinski definition) is 5. The number of rotatable bonds is 3. The van der Waals surface area contributed by atoms with Crippen LogP contribution in [0.3, 0.4) is 0 Å². The molecule has 2 N–H and O–H groups in total. The Labute approximate surface area is 103 Å². The summed E-state index contributed by atoms with van der Waals surface area (Å²) in [5, 5.41) is 18.6. The molecule has 0 bridgehead atoms. The number of fused-ring (bicyclic) bond motifs is 1. The van der Waals surface area contributed by atoms with Crippen LogP contribution in [0.15, 0.2) is 12.1 Å². The Kier molecular flexibility index (Phi) is 2.55. The van der Waals surface area contributed by atoms with E-state index < -0.39 is 13.1 Å². The third kappa shape index (κ3) is 1.97. The van der Waals surface area contributed by atoms with Gasteiger partial charge in [0.05, 0.1) is 6.10 Å². The van der Waals surface area contributed by atoms with Crippen molar-refractivity contribution in [3.05, 3.63) is 17.7 Å². The van der Waals surface area contributed by atoms with Crippen molar-refractivity contribution in [1.82, 2.24) is 0 Å². The van der Waals surface area contributed by atoms with Crippen molar-refractivity contribution in [2.24, 2.45) is 0 Å². The Morgan fingerprint density at radius 3 is 2.89 bits per heavy atom. The first kappa shape index (κ1) is 11.2. The largest absolute Gasteiger partial charge is 0.563 e. The van der Waals surface area contributed by atoms with Crippen LogP contribution in [0.1, 0.15) is 23.2 Å². The maximum absolute atomic E-state index is 11.3. The van der Waals surface area contributed by atoms with Crippen molar-refractivity contribution in [2.45, 2.75) is 18.9 Å². The molecule has 0 aromatic heterocycles. The molecular weight excluding hydrogens is 239 g/mol. The second-order valence-electron chi connectivity index (χ2n) is 4.27. The fourth-order valence-corrected chi connectivity index (χ4v) is 1.77. The molecule has 94 valence electrons. The summed E-state index contributed by atoms with van der Waals surface area (Å²) in [6.45, 7) is -0.0190. The molecule has 1 aromatic rings. The smallest absolute Gasteiger partial charge is 0.531 e. The van der Waals surface area contributed by atoms with Crippen molar-refractivity contribution in [3.8, 4) is 17.2 Å². The lowest BCUT2D eigenvalue weighted by Gasteiger charge is -2.23. The standard InChI is InChI=1S/C11H11BO6/c13-11(14)9-7(17-6-1-2-6)3-4-8-10(9)18-12(15)5-16-8/h3-4,6,15H,1-2,5H2,(H,13,14). The maximum atomic E-state index is 11.3. The minimum atomic E-state index is -1.17. The monoisotopic (exact) mass is 250 g/mol. The molecule has 0 atom stereocenters. The molecule has 3 rings (SSSR count). The molecule has 1 saturated carbocycles. The zero-order chi connectivity index (χ0) is 12.7. The SMILES string of the molecule is O=C(O)c1c(OC2CC2)ccc2c1OB(O)CO2. The van der Waals surface area contributed by atoms with Crippen molar-refractivity contribution in [2.75, 3.05) is 6.51 Å². The third-order valence-electron chi connectivity index (χ3n) is 2.75. The number of carboxylic acids is 1. The summed E-state index contributed by atoms with van der Waals surface area (Å²) in [6.07, 6.45) is 1.93. The van der Waals surface area contributed by atoms with Gasteiger partial charge < -0.3 is 24.3 Å². The summed E-state index contributed by atoms with van der Waals surface area (Å²) in [5.74, 6) is -0.582. The Hall–Kier alpha value is -1.89. The molecule has 6 nitrogen and oxygen atoms in total. The quantitative estimate of drug-likeness (QED) is 0.768. The van der Waals surface area contributed by atoms with Crippen LogP contribution in [0.4, 0.5) is 0 Å². The first-order chi connectivity index (χ1) is 8.65. The molecule has 1 fully saturated rings. The average molecular weight is 250 g/mol. The first-order valence-electron chi connectivity index (χ1n) is 5.69. The lowest BCUT2D eigenvalue weighted by molar-refractivity contribution is 0.0687. The molecule has 18 heavy (non-hydrogen) atoms. The lowest BCUT2D eigenvalue weighted by Crippen LogP contribution is -2.34. The summed E-state index contributed by atoms with van der Waals surface area (Å²) in [4.78, 5) is 11.3. The number of ether oxygens (including phenoxy) is 2. The van der Waals surface area contributed by atoms with E-state index in [4.69, 9.17) is 14.1 Å². The van der Waals surface area contributed by atoms with E-state index in [0.717, 1.165) is 12.8 Å². The summed E-state index contributed by atoms with van der Waals surface area (Å²) >= 11 is 0. The van der Waals surface area contributed by atoms with Gasteiger partial charge in [0.2, 0.25) is 0 Å². The summed E-state index contributed by atoms with van der Waals surface area (Å²) < 4.78 is 15.9. The molecule has 7 heteroatoms. The van der Waals surface area contributed by atoms with E-state index in [1.165, 1.54) is 0 Å². The zero-order valence-electron chi connectivity index (χ0n) is 9.46. The molecule has 2 aliphatic rings. The number of carboxylic acid groups (broad SMARTS) is 1. The van der Waals surface area contributed by atoms with Crippen molar-refractivity contribution in [3.63, 3.8) is 0 Å². The van der Waals surface area contributed by atoms with Crippen LogP contribution in [0.25, 0.3) is 0 Å². The number of benzene rings is 1. The predicted molar refractivity (Wildman–Crippen MR) is 61.1 cm³/mol. The highest BCUT2D eigenvalue weighted by Gasteiger charge is 2.33. The van der Waals surface area contributed by atoms with E-state index in [0.29, 0.717) is 5.75 Å². The summed E-state index contributed by atoms with van der Waals surface area (Å²) in [7, 11) is -1.16. The van der Waals surface area contributed by atoms with Crippen molar-refractivity contribution < 1.29 is 29.1 Å². The van der Waals surface area contributed by atoms with Gasteiger partial charge in [-0.2, -0.15) is 0 Å². The van der Waals surface area contributed by atoms with E-state index in [1.807, 2.05) is 0 Å². The Morgan fingerprint density at radius 2 is 2.22 bits per heavy atom. The number of hydrogen-bond donors (Lipinski definition) is 2. The summed E-state index contributed by atoms with van der Waals surface area (Å²) in [6, 6.07) is 3.15. The van der Waals surface area contributed by atoms with Crippen LogP contribution >= 0.6 is 0 Å². The Morgan fingerprint density at radius 1 is 1.44 bits per heavy atom. The molecule has 1 heterocycles. The van der Waals surface area contributed by atoms with Gasteiger partial charge in [0.25, 0.3) is 0 Å². The number of carbonyl (C=O) groups is 1. The van der Waals surface area contributed by atoms with E-state index >= 15 is 0 Å². The van der Waals surface area contributed by atoms with E-state index in [1.54, 1.807) is 12.1 Å². The fraction of sp³-hybridized carbons (Fsp3) is 0.364. The topological polar surface area (TPSA) is 85.2 Å². The van der Waals surface area contributed by atoms with E-state index in [2.05, 4.69) is 0 Å². The van der Waals surface area contributed by atoms with Gasteiger partial charge in [-0.1, -0.05) is 0 Å². The van der Waals surface area contributed by atoms with Gasteiger partial charge in [0.1, 0.15) is 17.8 Å². The van der Waals surface area contributed by atoms with Gasteiger partial charge in [-0.25, -0.2) is 4.79 Å². The minimum absolute atomic E-state index is 0.0190. The van der Waals surface area contributed by atoms with E-state index in [9.17, 15) is 14.9 Å². The van der Waals surface area contributed by atoms with Gasteiger partial charge in [0.15, 0.2) is 11.5 Å². The van der Waals surface area contributed by atoms with Crippen LogP contribution in [0, 0.1) is 0 Å². The molecule has 0 saturated heterocycles. The van der Waals surface area contributed by atoms with Gasteiger partial charge in [0, 0.05) is 0 Å². The highest BCUT2D eigenvalue weighted by Crippen LogP contribution is 2.41. The van der Waals surface area contributed by atoms with E-state index in [-0.39, 0.29) is 29.7 Å². The molecule has 1 aliphatic heterocycles. The minimum Gasteiger partial charge on any atom is -0.531 e.